The van der Waals surface area contributed by atoms with Crippen molar-refractivity contribution in [2.45, 2.75) is 0 Å². The van der Waals surface area contributed by atoms with Crippen LogP contribution in [0.2, 0.25) is 0 Å². The maximum absolute atomic E-state index is 14.7. The highest BCUT2D eigenvalue weighted by Gasteiger charge is 2.19. The molecule has 0 saturated carbocycles. The maximum Gasteiger partial charge on any atom is 0.420 e. The summed E-state index contributed by atoms with van der Waals surface area (Å²) in [6.07, 6.45) is 0.780. The zero-order valence-corrected chi connectivity index (χ0v) is 22.5. The molecule has 2 heterocycles. The molecule has 1 fully saturated rings. The van der Waals surface area contributed by atoms with Gasteiger partial charge in [0.25, 0.3) is 0 Å². The number of halogens is 1. The fraction of sp³-hybridized carbons (Fsp3) is 0.370. The Morgan fingerprint density at radius 3 is 2.51 bits per heavy atom. The summed E-state index contributed by atoms with van der Waals surface area (Å²) >= 11 is 0. The van der Waals surface area contributed by atoms with E-state index in [1.165, 1.54) is 38.4 Å². The predicted octanol–water partition coefficient (Wildman–Crippen LogP) is 3.64. The smallest absolute Gasteiger partial charge is 0.420 e. The fourth-order valence-electron chi connectivity index (χ4n) is 3.90. The van der Waals surface area contributed by atoms with E-state index in [1.807, 2.05) is 0 Å². The topological polar surface area (TPSA) is 102 Å². The Morgan fingerprint density at radius 1 is 1.03 bits per heavy atom. The summed E-state index contributed by atoms with van der Waals surface area (Å²) in [6, 6.07) is 11.0. The van der Waals surface area contributed by atoms with Gasteiger partial charge in [0.15, 0.2) is 23.1 Å². The molecule has 4 rings (SSSR count). The highest BCUT2D eigenvalue weighted by Crippen LogP contribution is 2.32. The van der Waals surface area contributed by atoms with Crippen molar-refractivity contribution in [2.75, 3.05) is 77.9 Å². The third-order valence-corrected chi connectivity index (χ3v) is 6.28. The van der Waals surface area contributed by atoms with Crippen molar-refractivity contribution in [2.24, 2.45) is 0 Å². The molecule has 1 amide bonds. The van der Waals surface area contributed by atoms with Crippen LogP contribution < -0.4 is 29.2 Å². The SMILES string of the molecule is COc1ccc(OC)c(OC(=O)N(C)c2ccnc(Nc3ccc(OCCN4CCN(C)CC4)c(F)c3)n2)c1. The van der Waals surface area contributed by atoms with E-state index < -0.39 is 11.9 Å². The van der Waals surface area contributed by atoms with Crippen molar-refractivity contribution in [1.29, 1.82) is 0 Å². The number of benzene rings is 2. The molecule has 0 unspecified atom stereocenters. The Bertz CT molecular complexity index is 1270. The fourth-order valence-corrected chi connectivity index (χ4v) is 3.90. The molecule has 39 heavy (non-hydrogen) atoms. The first-order chi connectivity index (χ1) is 18.9. The Morgan fingerprint density at radius 2 is 1.79 bits per heavy atom. The molecule has 0 aliphatic carbocycles. The molecular weight excluding hydrogens is 507 g/mol. The van der Waals surface area contributed by atoms with Crippen molar-refractivity contribution in [3.05, 3.63) is 54.5 Å². The minimum absolute atomic E-state index is 0.175. The Balaban J connectivity index is 1.35. The Kier molecular flexibility index (Phi) is 9.34. The van der Waals surface area contributed by atoms with Crippen LogP contribution in [0.4, 0.5) is 26.6 Å². The minimum Gasteiger partial charge on any atom is -0.497 e. The number of carbonyl (C=O) groups excluding carboxylic acids is 1. The summed E-state index contributed by atoms with van der Waals surface area (Å²) < 4.78 is 36.3. The molecule has 1 aliphatic heterocycles. The molecule has 12 heteroatoms. The van der Waals surface area contributed by atoms with Gasteiger partial charge in [0.2, 0.25) is 5.95 Å². The second-order valence-electron chi connectivity index (χ2n) is 8.95. The number of piperazine rings is 1. The van der Waals surface area contributed by atoms with Gasteiger partial charge < -0.3 is 29.2 Å². The summed E-state index contributed by atoms with van der Waals surface area (Å²) in [6.45, 7) is 5.15. The van der Waals surface area contributed by atoms with Gasteiger partial charge in [-0.3, -0.25) is 9.80 Å². The maximum atomic E-state index is 14.7. The zero-order chi connectivity index (χ0) is 27.8. The number of carbonyl (C=O) groups is 1. The van der Waals surface area contributed by atoms with Gasteiger partial charge in [-0.2, -0.15) is 4.98 Å². The summed E-state index contributed by atoms with van der Waals surface area (Å²) in [5, 5.41) is 2.96. The highest BCUT2D eigenvalue weighted by molar-refractivity contribution is 5.88. The molecule has 3 aromatic rings. The number of nitrogens with one attached hydrogen (secondary N) is 1. The normalized spacial score (nSPS) is 14.0. The van der Waals surface area contributed by atoms with Crippen LogP contribution in [0.15, 0.2) is 48.7 Å². The predicted molar refractivity (Wildman–Crippen MR) is 145 cm³/mol. The van der Waals surface area contributed by atoms with Crippen LogP contribution in [0, 0.1) is 5.82 Å². The summed E-state index contributed by atoms with van der Waals surface area (Å²) in [7, 11) is 6.60. The molecule has 1 N–H and O–H groups in total. The number of anilines is 3. The second-order valence-corrected chi connectivity index (χ2v) is 8.95. The quantitative estimate of drug-likeness (QED) is 0.410. The Hall–Kier alpha value is -4.16. The third kappa shape index (κ3) is 7.45. The molecule has 1 aromatic heterocycles. The standard InChI is InChI=1S/C27H33FN6O5/c1-32-11-13-34(14-12-32)15-16-38-22-7-5-19(17-21(22)28)30-26-29-10-9-25(31-26)33(2)27(35)39-24-18-20(36-3)6-8-23(24)37-4/h5-10,17-18H,11-16H2,1-4H3,(H,29,30,31). The van der Waals surface area contributed by atoms with Crippen molar-refractivity contribution < 1.29 is 28.1 Å². The van der Waals surface area contributed by atoms with Gasteiger partial charge in [0.1, 0.15) is 18.2 Å². The number of rotatable bonds is 10. The first-order valence-electron chi connectivity index (χ1n) is 12.5. The average Bonchev–Trinajstić information content (AvgIpc) is 2.95. The molecule has 0 bridgehead atoms. The van der Waals surface area contributed by atoms with Crippen molar-refractivity contribution in [3.63, 3.8) is 0 Å². The number of aromatic nitrogens is 2. The summed E-state index contributed by atoms with van der Waals surface area (Å²) in [5.74, 6) is 1.20. The van der Waals surface area contributed by atoms with E-state index in [-0.39, 0.29) is 23.3 Å². The van der Waals surface area contributed by atoms with Crippen molar-refractivity contribution in [1.82, 2.24) is 19.8 Å². The average molecular weight is 541 g/mol. The van der Waals surface area contributed by atoms with Crippen molar-refractivity contribution in [3.8, 4) is 23.0 Å². The van der Waals surface area contributed by atoms with Gasteiger partial charge in [-0.15, -0.1) is 0 Å². The van der Waals surface area contributed by atoms with Gasteiger partial charge >= 0.3 is 6.09 Å². The molecule has 11 nitrogen and oxygen atoms in total. The number of likely N-dealkylation sites (N-methyl/N-ethyl adjacent to an activating group) is 1. The highest BCUT2D eigenvalue weighted by atomic mass is 19.1. The molecule has 1 aliphatic rings. The van der Waals surface area contributed by atoms with Gasteiger partial charge in [0.05, 0.1) is 14.2 Å². The first-order valence-corrected chi connectivity index (χ1v) is 12.5. The first kappa shape index (κ1) is 27.9. The zero-order valence-electron chi connectivity index (χ0n) is 22.5. The number of methoxy groups -OCH3 is 2. The van der Waals surface area contributed by atoms with E-state index in [0.717, 1.165) is 32.7 Å². The lowest BCUT2D eigenvalue weighted by Gasteiger charge is -2.32. The monoisotopic (exact) mass is 540 g/mol. The van der Waals surface area contributed by atoms with Crippen LogP contribution in [0.5, 0.6) is 23.0 Å². The van der Waals surface area contributed by atoms with Crippen LogP contribution in [0.1, 0.15) is 0 Å². The summed E-state index contributed by atoms with van der Waals surface area (Å²) in [4.78, 5) is 27.1. The lowest BCUT2D eigenvalue weighted by molar-refractivity contribution is 0.132. The number of amides is 1. The van der Waals surface area contributed by atoms with Crippen molar-refractivity contribution >= 4 is 23.5 Å². The third-order valence-electron chi connectivity index (χ3n) is 6.28. The molecule has 1 saturated heterocycles. The molecule has 0 atom stereocenters. The number of ether oxygens (including phenoxy) is 4. The molecule has 0 spiro atoms. The van der Waals surface area contributed by atoms with Gasteiger partial charge in [-0.05, 0) is 37.4 Å². The van der Waals surface area contributed by atoms with Crippen LogP contribution in [-0.4, -0.2) is 93.5 Å². The van der Waals surface area contributed by atoms with E-state index >= 15 is 0 Å². The largest absolute Gasteiger partial charge is 0.497 e. The van der Waals surface area contributed by atoms with Crippen LogP contribution in [0.25, 0.3) is 0 Å². The van der Waals surface area contributed by atoms with Crippen LogP contribution >= 0.6 is 0 Å². The van der Waals surface area contributed by atoms with E-state index in [0.29, 0.717) is 23.8 Å². The number of hydrogen-bond donors (Lipinski definition) is 1. The van der Waals surface area contributed by atoms with E-state index in [9.17, 15) is 9.18 Å². The van der Waals surface area contributed by atoms with E-state index in [1.54, 1.807) is 36.4 Å². The molecule has 208 valence electrons. The number of hydrogen-bond acceptors (Lipinski definition) is 10. The van der Waals surface area contributed by atoms with Gasteiger partial charge in [0, 0.05) is 63.8 Å². The van der Waals surface area contributed by atoms with Crippen LogP contribution in [-0.2, 0) is 0 Å². The second kappa shape index (κ2) is 13.1. The summed E-state index contributed by atoms with van der Waals surface area (Å²) in [5.41, 5.74) is 0.433. The van der Waals surface area contributed by atoms with Gasteiger partial charge in [-0.25, -0.2) is 14.2 Å². The minimum atomic E-state index is -0.699. The molecular formula is C27H33FN6O5. The lowest BCUT2D eigenvalue weighted by Crippen LogP contribution is -2.45. The molecule has 2 aromatic carbocycles. The van der Waals surface area contributed by atoms with Gasteiger partial charge in [-0.1, -0.05) is 0 Å². The van der Waals surface area contributed by atoms with Crippen LogP contribution in [0.3, 0.4) is 0 Å². The molecule has 0 radical (unpaired) electrons. The van der Waals surface area contributed by atoms with E-state index in [4.69, 9.17) is 18.9 Å². The number of nitrogens with zero attached hydrogens (tertiary/aromatic N) is 5. The lowest BCUT2D eigenvalue weighted by atomic mass is 10.3. The Labute approximate surface area is 227 Å². The van der Waals surface area contributed by atoms with E-state index in [2.05, 4.69) is 32.1 Å².